The molecule has 0 saturated carbocycles. The van der Waals surface area contributed by atoms with Gasteiger partial charge in [-0.2, -0.15) is 0 Å². The molecule has 0 spiro atoms. The van der Waals surface area contributed by atoms with Crippen molar-refractivity contribution in [3.05, 3.63) is 229 Å². The lowest BCUT2D eigenvalue weighted by Crippen LogP contribution is -2.14. The predicted octanol–water partition coefficient (Wildman–Crippen LogP) is 15.9. The van der Waals surface area contributed by atoms with Crippen molar-refractivity contribution >= 4 is 27.2 Å². The van der Waals surface area contributed by atoms with Crippen LogP contribution >= 0.6 is 0 Å². The summed E-state index contributed by atoms with van der Waals surface area (Å²) in [6.07, 6.45) is 0. The molecule has 0 saturated heterocycles. The Morgan fingerprint density at radius 2 is 0.790 bits per heavy atom. The molecule has 0 heterocycles. The Morgan fingerprint density at radius 1 is 0.355 bits per heavy atom. The van der Waals surface area contributed by atoms with Crippen molar-refractivity contribution in [3.63, 3.8) is 0 Å². The van der Waals surface area contributed by atoms with Gasteiger partial charge in [-0.15, -0.1) is 0 Å². The predicted molar refractivity (Wildman–Crippen MR) is 263 cm³/mol. The highest BCUT2D eigenvalue weighted by Gasteiger charge is 2.36. The molecule has 10 aromatic rings. The molecule has 1 aliphatic rings. The molecule has 0 bridgehead atoms. The number of para-hydroxylation sites is 2. The van der Waals surface area contributed by atoms with Gasteiger partial charge in [-0.3, -0.25) is 0 Å². The molecule has 0 radical (unpaired) electrons. The number of benzene rings is 10. The number of aryl methyl sites for hydroxylation is 1. The molecule has 1 aliphatic carbocycles. The number of aromatic hydroxyl groups is 1. The van der Waals surface area contributed by atoms with Gasteiger partial charge in [0.15, 0.2) is 0 Å². The van der Waals surface area contributed by atoms with E-state index in [1.165, 1.54) is 105 Å². The Balaban J connectivity index is 0.000000518. The topological polar surface area (TPSA) is 46.2 Å². The monoisotopic (exact) mass is 797 g/mol. The molecular formula is C60H47NO. The van der Waals surface area contributed by atoms with Crippen LogP contribution in [0.25, 0.3) is 88.3 Å². The number of rotatable bonds is 5. The van der Waals surface area contributed by atoms with E-state index < -0.39 is 0 Å². The third-order valence-corrected chi connectivity index (χ3v) is 12.7. The Hall–Kier alpha value is -7.68. The molecule has 0 fully saturated rings. The summed E-state index contributed by atoms with van der Waals surface area (Å²) < 4.78 is 0. The van der Waals surface area contributed by atoms with Gasteiger partial charge in [-0.05, 0) is 137 Å². The first-order chi connectivity index (χ1) is 30.2. The fraction of sp³-hybridized carbons (Fsp3) is 0.0667. The minimum absolute atomic E-state index is 0.120. The highest BCUT2D eigenvalue weighted by atomic mass is 16.3. The van der Waals surface area contributed by atoms with Crippen LogP contribution in [0.15, 0.2) is 212 Å². The maximum atomic E-state index is 8.79. The molecule has 10 aromatic carbocycles. The molecule has 2 nitrogen and oxygen atoms in total. The van der Waals surface area contributed by atoms with E-state index in [2.05, 4.69) is 209 Å². The van der Waals surface area contributed by atoms with E-state index in [1.807, 2.05) is 0 Å². The van der Waals surface area contributed by atoms with Crippen LogP contribution in [-0.4, -0.2) is 5.11 Å². The van der Waals surface area contributed by atoms with Gasteiger partial charge in [0, 0.05) is 5.41 Å². The van der Waals surface area contributed by atoms with Gasteiger partial charge in [0.05, 0.1) is 5.69 Å². The number of nitrogens with two attached hydrogens (primary N) is 1. The van der Waals surface area contributed by atoms with Crippen molar-refractivity contribution in [2.24, 2.45) is 0 Å². The van der Waals surface area contributed by atoms with Gasteiger partial charge in [0.25, 0.3) is 0 Å². The van der Waals surface area contributed by atoms with Crippen LogP contribution in [0.2, 0.25) is 0 Å². The fourth-order valence-electron chi connectivity index (χ4n) is 9.38. The van der Waals surface area contributed by atoms with Crippen LogP contribution in [0.3, 0.4) is 0 Å². The number of phenolic OH excluding ortho intramolecular Hbond substituents is 1. The van der Waals surface area contributed by atoms with Gasteiger partial charge in [-0.25, -0.2) is 0 Å². The van der Waals surface area contributed by atoms with Crippen molar-refractivity contribution in [1.29, 1.82) is 0 Å². The lowest BCUT2D eigenvalue weighted by molar-refractivity contribution is 0.478. The van der Waals surface area contributed by atoms with Crippen LogP contribution in [0, 0.1) is 6.92 Å². The van der Waals surface area contributed by atoms with Gasteiger partial charge < -0.3 is 10.8 Å². The minimum Gasteiger partial charge on any atom is -0.506 e. The number of hydrogen-bond donors (Lipinski definition) is 2. The molecule has 298 valence electrons. The van der Waals surface area contributed by atoms with Crippen molar-refractivity contribution < 1.29 is 5.11 Å². The smallest absolute Gasteiger partial charge is 0.138 e. The first kappa shape index (κ1) is 38.5. The van der Waals surface area contributed by atoms with Crippen molar-refractivity contribution in [1.82, 2.24) is 0 Å². The molecule has 0 aliphatic heterocycles. The zero-order valence-electron chi connectivity index (χ0n) is 35.2. The normalized spacial score (nSPS) is 12.4. The summed E-state index contributed by atoms with van der Waals surface area (Å²) in [6, 6.07) is 76.6. The summed E-state index contributed by atoms with van der Waals surface area (Å²) in [5, 5.41) is 13.9. The van der Waals surface area contributed by atoms with Crippen molar-refractivity contribution in [2.75, 3.05) is 5.73 Å². The van der Waals surface area contributed by atoms with Crippen LogP contribution in [0.4, 0.5) is 5.69 Å². The largest absolute Gasteiger partial charge is 0.506 e. The van der Waals surface area contributed by atoms with Crippen molar-refractivity contribution in [2.45, 2.75) is 26.2 Å². The molecule has 2 heteroatoms. The highest BCUT2D eigenvalue weighted by molar-refractivity contribution is 6.23. The summed E-state index contributed by atoms with van der Waals surface area (Å²) in [5.41, 5.74) is 24.7. The standard InChI is InChI=1S/C54H40.C6H7NO/c1-35-18-20-40(21-19-35)43-30-31-45-47(32-43)53(42-28-24-39(25-29-42)37-14-8-5-9-15-37)49-34-51-46(44-16-10-11-17-50(44)54(51,2)3)33-48(49)52(45)41-26-22-38(23-27-41)36-12-6-4-7-13-36;7-5-3-1-2-4-6(5)8/h4-34H,1-3H3;1-4,8H,7H2. The Kier molecular flexibility index (Phi) is 9.77. The highest BCUT2D eigenvalue weighted by Crippen LogP contribution is 2.53. The zero-order valence-corrected chi connectivity index (χ0v) is 35.2. The molecule has 0 unspecified atom stereocenters. The zero-order chi connectivity index (χ0) is 42.4. The van der Waals surface area contributed by atoms with E-state index in [4.69, 9.17) is 10.8 Å². The lowest BCUT2D eigenvalue weighted by atomic mass is 9.79. The van der Waals surface area contributed by atoms with E-state index in [1.54, 1.807) is 24.3 Å². The first-order valence-electron chi connectivity index (χ1n) is 21.3. The molecule has 0 atom stereocenters. The lowest BCUT2D eigenvalue weighted by Gasteiger charge is -2.24. The summed E-state index contributed by atoms with van der Waals surface area (Å²) in [5.74, 6) is 0.146. The number of nitrogen functional groups attached to an aromatic ring is 1. The van der Waals surface area contributed by atoms with E-state index in [0.717, 1.165) is 0 Å². The van der Waals surface area contributed by atoms with Gasteiger partial charge in [-0.1, -0.05) is 201 Å². The van der Waals surface area contributed by atoms with Crippen LogP contribution in [0.1, 0.15) is 30.5 Å². The summed E-state index contributed by atoms with van der Waals surface area (Å²) >= 11 is 0. The third kappa shape index (κ3) is 6.90. The quantitative estimate of drug-likeness (QED) is 0.103. The van der Waals surface area contributed by atoms with E-state index in [-0.39, 0.29) is 11.2 Å². The average molecular weight is 798 g/mol. The SMILES string of the molecule is Cc1ccc(-c2ccc3c(-c4ccc(-c5ccccc5)cc4)c4cc5c(cc4c(-c4ccc(-c6ccccc6)cc4)c3c2)C(C)(C)c2ccccc2-5)cc1.Nc1ccccc1O. The fourth-order valence-corrected chi connectivity index (χ4v) is 9.38. The molecule has 0 aromatic heterocycles. The number of hydrogen-bond acceptors (Lipinski definition) is 2. The molecule has 0 amide bonds. The Morgan fingerprint density at radius 3 is 1.37 bits per heavy atom. The molecule has 62 heavy (non-hydrogen) atoms. The second kappa shape index (κ2) is 15.7. The van der Waals surface area contributed by atoms with E-state index >= 15 is 0 Å². The second-order valence-electron chi connectivity index (χ2n) is 16.9. The van der Waals surface area contributed by atoms with Gasteiger partial charge in [0.1, 0.15) is 5.75 Å². The second-order valence-corrected chi connectivity index (χ2v) is 16.9. The van der Waals surface area contributed by atoms with Crippen LogP contribution < -0.4 is 5.73 Å². The first-order valence-corrected chi connectivity index (χ1v) is 21.3. The summed E-state index contributed by atoms with van der Waals surface area (Å²) in [7, 11) is 0. The number of anilines is 1. The molecule has 3 N–H and O–H groups in total. The summed E-state index contributed by atoms with van der Waals surface area (Å²) in [4.78, 5) is 0. The maximum Gasteiger partial charge on any atom is 0.138 e. The number of phenols is 1. The Bertz CT molecular complexity index is 3220. The molecule has 11 rings (SSSR count). The molecular weight excluding hydrogens is 751 g/mol. The average Bonchev–Trinajstić information content (AvgIpc) is 3.54. The van der Waals surface area contributed by atoms with Crippen LogP contribution in [-0.2, 0) is 5.41 Å². The Labute approximate surface area is 364 Å². The number of fused-ring (bicyclic) bond motifs is 5. The van der Waals surface area contributed by atoms with Gasteiger partial charge >= 0.3 is 0 Å². The van der Waals surface area contributed by atoms with E-state index in [0.29, 0.717) is 5.69 Å². The summed E-state index contributed by atoms with van der Waals surface area (Å²) in [6.45, 7) is 6.93. The van der Waals surface area contributed by atoms with Crippen LogP contribution in [0.5, 0.6) is 5.75 Å². The van der Waals surface area contributed by atoms with Crippen molar-refractivity contribution in [3.8, 4) is 72.5 Å². The maximum absolute atomic E-state index is 8.79. The third-order valence-electron chi connectivity index (χ3n) is 12.7. The van der Waals surface area contributed by atoms with Gasteiger partial charge in [0.2, 0.25) is 0 Å². The van der Waals surface area contributed by atoms with E-state index in [9.17, 15) is 0 Å². The minimum atomic E-state index is -0.120.